The molecule has 1 amide bonds. The molecule has 0 saturated carbocycles. The Hall–Kier alpha value is -1.98. The lowest BCUT2D eigenvalue weighted by Gasteiger charge is -2.14. The Kier molecular flexibility index (Phi) is 3.93. The van der Waals surface area contributed by atoms with Crippen molar-refractivity contribution in [2.75, 3.05) is 13.6 Å². The third-order valence-corrected chi connectivity index (χ3v) is 2.00. The molecule has 0 bridgehead atoms. The van der Waals surface area contributed by atoms with Crippen LogP contribution in [0.25, 0.3) is 0 Å². The fraction of sp³-hybridized carbons (Fsp3) is 0.400. The average Bonchev–Trinajstić information content (AvgIpc) is 2.28. The standard InChI is InChI=1S/C10H13N3O3/c1-3-4-13(2)9(14)7-5-12-8(6-11-7)10(15)16/h5-6H,3-4H2,1-2H3,(H,15,16). The number of amides is 1. The summed E-state index contributed by atoms with van der Waals surface area (Å²) in [7, 11) is 1.67. The van der Waals surface area contributed by atoms with Gasteiger partial charge in [-0.3, -0.25) is 4.79 Å². The Morgan fingerprint density at radius 2 is 1.88 bits per heavy atom. The molecule has 86 valence electrons. The number of hydrogen-bond donors (Lipinski definition) is 1. The zero-order chi connectivity index (χ0) is 12.1. The van der Waals surface area contributed by atoms with E-state index in [9.17, 15) is 9.59 Å². The van der Waals surface area contributed by atoms with Gasteiger partial charge in [0.15, 0.2) is 5.69 Å². The number of nitrogens with zero attached hydrogens (tertiary/aromatic N) is 3. The van der Waals surface area contributed by atoms with E-state index in [4.69, 9.17) is 5.11 Å². The maximum Gasteiger partial charge on any atom is 0.356 e. The highest BCUT2D eigenvalue weighted by Crippen LogP contribution is 2.00. The van der Waals surface area contributed by atoms with E-state index in [0.717, 1.165) is 12.6 Å². The normalized spacial score (nSPS) is 9.88. The molecule has 0 fully saturated rings. The van der Waals surface area contributed by atoms with Crippen LogP contribution < -0.4 is 0 Å². The first-order chi connectivity index (χ1) is 7.56. The average molecular weight is 223 g/mol. The fourth-order valence-electron chi connectivity index (χ4n) is 1.18. The second-order valence-electron chi connectivity index (χ2n) is 3.32. The first-order valence-corrected chi connectivity index (χ1v) is 4.87. The largest absolute Gasteiger partial charge is 0.476 e. The van der Waals surface area contributed by atoms with E-state index in [1.165, 1.54) is 11.1 Å². The molecular weight excluding hydrogens is 210 g/mol. The summed E-state index contributed by atoms with van der Waals surface area (Å²) < 4.78 is 0. The van der Waals surface area contributed by atoms with Crippen LogP contribution >= 0.6 is 0 Å². The van der Waals surface area contributed by atoms with Crippen LogP contribution in [-0.2, 0) is 0 Å². The predicted octanol–water partition coefficient (Wildman–Crippen LogP) is 0.657. The summed E-state index contributed by atoms with van der Waals surface area (Å²) in [6.07, 6.45) is 3.11. The Bertz CT molecular complexity index is 389. The molecular formula is C10H13N3O3. The molecule has 0 aliphatic heterocycles. The van der Waals surface area contributed by atoms with Crippen LogP contribution in [0.5, 0.6) is 0 Å². The first kappa shape index (κ1) is 12.1. The summed E-state index contributed by atoms with van der Waals surface area (Å²) in [6, 6.07) is 0. The van der Waals surface area contributed by atoms with E-state index in [0.29, 0.717) is 6.54 Å². The number of carbonyl (C=O) groups excluding carboxylic acids is 1. The van der Waals surface area contributed by atoms with E-state index < -0.39 is 5.97 Å². The number of aromatic nitrogens is 2. The Balaban J connectivity index is 2.81. The van der Waals surface area contributed by atoms with E-state index in [1.807, 2.05) is 6.92 Å². The van der Waals surface area contributed by atoms with Crippen molar-refractivity contribution in [3.05, 3.63) is 23.8 Å². The lowest BCUT2D eigenvalue weighted by Crippen LogP contribution is -2.28. The summed E-state index contributed by atoms with van der Waals surface area (Å²) in [4.78, 5) is 31.1. The summed E-state index contributed by atoms with van der Waals surface area (Å²) in [5, 5.41) is 8.61. The molecule has 0 aliphatic rings. The van der Waals surface area contributed by atoms with Crippen LogP contribution in [0.2, 0.25) is 0 Å². The van der Waals surface area contributed by atoms with Gasteiger partial charge in [-0.15, -0.1) is 0 Å². The van der Waals surface area contributed by atoms with Crippen molar-refractivity contribution >= 4 is 11.9 Å². The highest BCUT2D eigenvalue weighted by atomic mass is 16.4. The molecule has 0 unspecified atom stereocenters. The van der Waals surface area contributed by atoms with Gasteiger partial charge in [-0.25, -0.2) is 14.8 Å². The molecule has 6 nitrogen and oxygen atoms in total. The van der Waals surface area contributed by atoms with Gasteiger partial charge in [0.25, 0.3) is 5.91 Å². The van der Waals surface area contributed by atoms with Crippen LogP contribution in [-0.4, -0.2) is 45.4 Å². The molecule has 16 heavy (non-hydrogen) atoms. The molecule has 0 atom stereocenters. The quantitative estimate of drug-likeness (QED) is 0.810. The van der Waals surface area contributed by atoms with Gasteiger partial charge in [0.1, 0.15) is 5.69 Å². The zero-order valence-electron chi connectivity index (χ0n) is 9.17. The van der Waals surface area contributed by atoms with E-state index in [1.54, 1.807) is 7.05 Å². The molecule has 1 aromatic heterocycles. The lowest BCUT2D eigenvalue weighted by molar-refractivity contribution is 0.0687. The molecule has 1 N–H and O–H groups in total. The molecule has 6 heteroatoms. The second-order valence-corrected chi connectivity index (χ2v) is 3.32. The number of rotatable bonds is 4. The Morgan fingerprint density at radius 1 is 1.31 bits per heavy atom. The van der Waals surface area contributed by atoms with Crippen LogP contribution in [0.15, 0.2) is 12.4 Å². The first-order valence-electron chi connectivity index (χ1n) is 4.87. The molecule has 0 aromatic carbocycles. The van der Waals surface area contributed by atoms with Gasteiger partial charge >= 0.3 is 5.97 Å². The molecule has 1 rings (SSSR count). The van der Waals surface area contributed by atoms with Gasteiger partial charge in [0, 0.05) is 13.6 Å². The van der Waals surface area contributed by atoms with Crippen molar-refractivity contribution in [1.29, 1.82) is 0 Å². The highest BCUT2D eigenvalue weighted by Gasteiger charge is 2.13. The van der Waals surface area contributed by atoms with Crippen molar-refractivity contribution in [1.82, 2.24) is 14.9 Å². The maximum absolute atomic E-state index is 11.7. The number of hydrogen-bond acceptors (Lipinski definition) is 4. The van der Waals surface area contributed by atoms with Gasteiger partial charge in [-0.2, -0.15) is 0 Å². The Labute approximate surface area is 92.9 Å². The zero-order valence-corrected chi connectivity index (χ0v) is 9.17. The molecule has 1 heterocycles. The van der Waals surface area contributed by atoms with E-state index in [2.05, 4.69) is 9.97 Å². The van der Waals surface area contributed by atoms with Crippen LogP contribution in [0.3, 0.4) is 0 Å². The number of aromatic carboxylic acids is 1. The van der Waals surface area contributed by atoms with Crippen molar-refractivity contribution in [3.8, 4) is 0 Å². The van der Waals surface area contributed by atoms with E-state index in [-0.39, 0.29) is 17.3 Å². The molecule has 0 aliphatic carbocycles. The second kappa shape index (κ2) is 5.20. The van der Waals surface area contributed by atoms with Gasteiger partial charge < -0.3 is 10.0 Å². The van der Waals surface area contributed by atoms with E-state index >= 15 is 0 Å². The van der Waals surface area contributed by atoms with Crippen LogP contribution in [0.4, 0.5) is 0 Å². The summed E-state index contributed by atoms with van der Waals surface area (Å²) >= 11 is 0. The van der Waals surface area contributed by atoms with Gasteiger partial charge in [0.05, 0.1) is 12.4 Å². The molecule has 0 radical (unpaired) electrons. The third-order valence-electron chi connectivity index (χ3n) is 2.00. The SMILES string of the molecule is CCCN(C)C(=O)c1cnc(C(=O)O)cn1. The van der Waals surface area contributed by atoms with Crippen molar-refractivity contribution < 1.29 is 14.7 Å². The maximum atomic E-state index is 11.7. The lowest BCUT2D eigenvalue weighted by atomic mass is 10.3. The van der Waals surface area contributed by atoms with Crippen molar-refractivity contribution in [2.24, 2.45) is 0 Å². The number of carbonyl (C=O) groups is 2. The summed E-state index contributed by atoms with van der Waals surface area (Å²) in [5.74, 6) is -1.42. The van der Waals surface area contributed by atoms with Crippen LogP contribution in [0, 0.1) is 0 Å². The fourth-order valence-corrected chi connectivity index (χ4v) is 1.18. The minimum absolute atomic E-state index is 0.154. The predicted molar refractivity (Wildman–Crippen MR) is 56.2 cm³/mol. The number of carboxylic acid groups (broad SMARTS) is 1. The smallest absolute Gasteiger partial charge is 0.356 e. The van der Waals surface area contributed by atoms with Gasteiger partial charge in [0.2, 0.25) is 0 Å². The topological polar surface area (TPSA) is 83.4 Å². The minimum atomic E-state index is -1.16. The number of carboxylic acids is 1. The van der Waals surface area contributed by atoms with Crippen molar-refractivity contribution in [3.63, 3.8) is 0 Å². The third kappa shape index (κ3) is 2.75. The minimum Gasteiger partial charge on any atom is -0.476 e. The Morgan fingerprint density at radius 3 is 2.31 bits per heavy atom. The van der Waals surface area contributed by atoms with Crippen molar-refractivity contribution in [2.45, 2.75) is 13.3 Å². The summed E-state index contributed by atoms with van der Waals surface area (Å²) in [5.41, 5.74) is -0.0179. The molecule has 1 aromatic rings. The van der Waals surface area contributed by atoms with Gasteiger partial charge in [-0.05, 0) is 6.42 Å². The molecule has 0 saturated heterocycles. The molecule has 0 spiro atoms. The van der Waals surface area contributed by atoms with Crippen LogP contribution in [0.1, 0.15) is 34.3 Å². The highest BCUT2D eigenvalue weighted by molar-refractivity contribution is 5.92. The monoisotopic (exact) mass is 223 g/mol. The summed E-state index contributed by atoms with van der Waals surface area (Å²) in [6.45, 7) is 2.59. The van der Waals surface area contributed by atoms with Gasteiger partial charge in [-0.1, -0.05) is 6.92 Å².